The smallest absolute Gasteiger partial charge is 0.120 e. The second-order valence-electron chi connectivity index (χ2n) is 13.3. The first-order valence-electron chi connectivity index (χ1n) is 16.0. The maximum absolute atomic E-state index is 5.89. The molecule has 0 bridgehead atoms. The number of aromatic nitrogens is 2. The van der Waals surface area contributed by atoms with Gasteiger partial charge in [-0.2, -0.15) is 0 Å². The predicted molar refractivity (Wildman–Crippen MR) is 195 cm³/mol. The zero-order chi connectivity index (χ0) is 32.3. The number of furan rings is 1. The molecule has 0 aliphatic rings. The molecule has 0 spiro atoms. The molecule has 239 valence electrons. The summed E-state index contributed by atoms with van der Waals surface area (Å²) in [5, 5.41) is 3.70. The monoisotopic (exact) mass is 809 g/mol. The summed E-state index contributed by atoms with van der Waals surface area (Å²) < 4.78 is 5.89. The molecule has 1 radical (unpaired) electrons. The van der Waals surface area contributed by atoms with Crippen LogP contribution >= 0.6 is 0 Å². The number of aryl methyl sites for hydroxylation is 1. The van der Waals surface area contributed by atoms with E-state index in [0.29, 0.717) is 5.92 Å². The minimum atomic E-state index is -1.35. The van der Waals surface area contributed by atoms with Gasteiger partial charge >= 0.3 is 0 Å². The van der Waals surface area contributed by atoms with Gasteiger partial charge in [0.25, 0.3) is 0 Å². The Kier molecular flexibility index (Phi) is 10.7. The summed E-state index contributed by atoms with van der Waals surface area (Å²) in [6.07, 6.45) is 4.87. The van der Waals surface area contributed by atoms with Gasteiger partial charge in [-0.1, -0.05) is 112 Å². The Bertz CT molecular complexity index is 2090. The first-order chi connectivity index (χ1) is 22.2. The molecule has 7 aromatic rings. The van der Waals surface area contributed by atoms with E-state index in [4.69, 9.17) is 9.40 Å². The van der Waals surface area contributed by atoms with Crippen LogP contribution < -0.4 is 5.19 Å². The van der Waals surface area contributed by atoms with Gasteiger partial charge in [0.1, 0.15) is 5.58 Å². The number of fused-ring (bicyclic) bond motifs is 3. The standard InChI is InChI=1S/C24H16NO.C18H24NSi.Ir/c1-2-6-17(7-3-1)14-18-12-13-25-22(15-18)19-10-11-24-21(16-19)20-8-4-5-9-23(20)26-24;1-13(2)16-11-17(15-9-7-14(3)8-10-15)19-12-18(16)20(4,5)6;/h1-9,11-13,15-16H,14H2;7-9,11-13H,1-6H3;/q2*-1;. The van der Waals surface area contributed by atoms with E-state index in [-0.39, 0.29) is 20.1 Å². The summed E-state index contributed by atoms with van der Waals surface area (Å²) >= 11 is 0. The molecule has 0 atom stereocenters. The fraction of sp³-hybridized carbons (Fsp3) is 0.190. The van der Waals surface area contributed by atoms with Crippen molar-refractivity contribution in [3.05, 3.63) is 150 Å². The van der Waals surface area contributed by atoms with Gasteiger partial charge in [0.05, 0.1) is 13.7 Å². The third-order valence-corrected chi connectivity index (χ3v) is 10.3. The molecule has 0 aliphatic carbocycles. The number of pyridine rings is 2. The number of benzene rings is 4. The predicted octanol–water partition coefficient (Wildman–Crippen LogP) is 10.6. The first kappa shape index (κ1) is 34.2. The van der Waals surface area contributed by atoms with Crippen molar-refractivity contribution in [1.82, 2.24) is 9.97 Å². The van der Waals surface area contributed by atoms with Gasteiger partial charge in [-0.15, -0.1) is 59.2 Å². The van der Waals surface area contributed by atoms with E-state index < -0.39 is 8.07 Å². The van der Waals surface area contributed by atoms with Crippen LogP contribution in [0.15, 0.2) is 120 Å². The van der Waals surface area contributed by atoms with Crippen molar-refractivity contribution < 1.29 is 24.5 Å². The molecule has 0 saturated heterocycles. The van der Waals surface area contributed by atoms with E-state index in [9.17, 15) is 0 Å². The molecule has 0 N–H and O–H groups in total. The first-order valence-corrected chi connectivity index (χ1v) is 19.5. The zero-order valence-corrected chi connectivity index (χ0v) is 31.3. The van der Waals surface area contributed by atoms with Crippen LogP contribution in [0.1, 0.15) is 42.0 Å². The Balaban J connectivity index is 0.000000188. The van der Waals surface area contributed by atoms with Crippen LogP contribution in [0.2, 0.25) is 19.6 Å². The van der Waals surface area contributed by atoms with Crippen molar-refractivity contribution in [3.63, 3.8) is 0 Å². The van der Waals surface area contributed by atoms with E-state index in [1.165, 1.54) is 27.4 Å². The number of hydrogen-bond donors (Lipinski definition) is 0. The molecule has 3 heterocycles. The molecular formula is C42H40IrN2OSi-2. The third-order valence-electron chi connectivity index (χ3n) is 8.27. The largest absolute Gasteiger partial charge is 0.500 e. The minimum absolute atomic E-state index is 0. The van der Waals surface area contributed by atoms with E-state index in [0.717, 1.165) is 50.9 Å². The summed E-state index contributed by atoms with van der Waals surface area (Å²) in [6.45, 7) is 13.8. The molecule has 0 amide bonds. The molecule has 7 rings (SSSR count). The molecule has 0 fully saturated rings. The molecule has 0 saturated carbocycles. The summed E-state index contributed by atoms with van der Waals surface area (Å²) in [4.78, 5) is 9.25. The van der Waals surface area contributed by atoms with Crippen LogP contribution in [0.5, 0.6) is 0 Å². The summed E-state index contributed by atoms with van der Waals surface area (Å²) in [6, 6.07) is 42.0. The van der Waals surface area contributed by atoms with Gasteiger partial charge in [0.15, 0.2) is 0 Å². The van der Waals surface area contributed by atoms with Gasteiger partial charge in [-0.05, 0) is 52.2 Å². The van der Waals surface area contributed by atoms with Crippen molar-refractivity contribution in [2.75, 3.05) is 0 Å². The fourth-order valence-electron chi connectivity index (χ4n) is 5.77. The zero-order valence-electron chi connectivity index (χ0n) is 27.9. The Morgan fingerprint density at radius 2 is 1.43 bits per heavy atom. The van der Waals surface area contributed by atoms with Crippen LogP contribution in [0.3, 0.4) is 0 Å². The Hall–Kier alpha value is -4.15. The molecule has 47 heavy (non-hydrogen) atoms. The fourth-order valence-corrected chi connectivity index (χ4v) is 7.44. The summed E-state index contributed by atoms with van der Waals surface area (Å²) in [7, 11) is -1.35. The topological polar surface area (TPSA) is 38.9 Å². The number of hydrogen-bond acceptors (Lipinski definition) is 3. The molecule has 0 aliphatic heterocycles. The Morgan fingerprint density at radius 3 is 2.15 bits per heavy atom. The van der Waals surface area contributed by atoms with Crippen molar-refractivity contribution in [1.29, 1.82) is 0 Å². The van der Waals surface area contributed by atoms with Crippen molar-refractivity contribution in [2.45, 2.75) is 52.8 Å². The number of para-hydroxylation sites is 1. The minimum Gasteiger partial charge on any atom is -0.500 e. The van der Waals surface area contributed by atoms with Gasteiger partial charge in [0.2, 0.25) is 0 Å². The van der Waals surface area contributed by atoms with Crippen LogP contribution in [-0.4, -0.2) is 18.0 Å². The molecule has 0 unspecified atom stereocenters. The van der Waals surface area contributed by atoms with Gasteiger partial charge in [-0.3, -0.25) is 0 Å². The third kappa shape index (κ3) is 8.05. The average molecular weight is 809 g/mol. The average Bonchev–Trinajstić information content (AvgIpc) is 3.43. The van der Waals surface area contributed by atoms with Gasteiger partial charge in [-0.25, -0.2) is 0 Å². The quantitative estimate of drug-likeness (QED) is 0.124. The molecule has 5 heteroatoms. The second-order valence-corrected chi connectivity index (χ2v) is 18.3. The van der Waals surface area contributed by atoms with E-state index >= 15 is 0 Å². The van der Waals surface area contributed by atoms with E-state index in [2.05, 4.69) is 130 Å². The molecule has 3 nitrogen and oxygen atoms in total. The summed E-state index contributed by atoms with van der Waals surface area (Å²) in [5.41, 5.74) is 11.0. The Morgan fingerprint density at radius 1 is 0.702 bits per heavy atom. The van der Waals surface area contributed by atoms with Crippen LogP contribution in [0.4, 0.5) is 0 Å². The maximum atomic E-state index is 5.89. The summed E-state index contributed by atoms with van der Waals surface area (Å²) in [5.74, 6) is 0.531. The van der Waals surface area contributed by atoms with E-state index in [1.807, 2.05) is 42.6 Å². The van der Waals surface area contributed by atoms with Crippen LogP contribution in [0.25, 0.3) is 44.5 Å². The second kappa shape index (κ2) is 14.7. The SMILES string of the molecule is Cc1c[c-]c(-c2cc(C(C)C)c([Si](C)(C)C)cn2)cc1.[Ir].[c-]1cc2oc3ccccc3c2cc1-c1cc(Cc2ccccc2)ccn1. The molecular weight excluding hydrogens is 769 g/mol. The number of rotatable bonds is 6. The van der Waals surface area contributed by atoms with E-state index in [1.54, 1.807) is 0 Å². The van der Waals surface area contributed by atoms with Crippen LogP contribution in [0, 0.1) is 19.1 Å². The van der Waals surface area contributed by atoms with Gasteiger partial charge in [0, 0.05) is 37.9 Å². The normalized spacial score (nSPS) is 11.3. The maximum Gasteiger partial charge on any atom is 0.120 e. The number of nitrogens with zero attached hydrogens (tertiary/aromatic N) is 2. The van der Waals surface area contributed by atoms with Crippen molar-refractivity contribution in [3.8, 4) is 22.5 Å². The van der Waals surface area contributed by atoms with Crippen molar-refractivity contribution in [2.24, 2.45) is 0 Å². The van der Waals surface area contributed by atoms with Crippen molar-refractivity contribution >= 4 is 35.2 Å². The van der Waals surface area contributed by atoms with Gasteiger partial charge < -0.3 is 14.4 Å². The van der Waals surface area contributed by atoms with Crippen LogP contribution in [-0.2, 0) is 26.5 Å². The molecule has 4 aromatic carbocycles. The Labute approximate surface area is 293 Å². The molecule has 3 aromatic heterocycles.